The summed E-state index contributed by atoms with van der Waals surface area (Å²) in [4.78, 5) is 14.4. The fraction of sp³-hybridized carbons (Fsp3) is 0.0435. The van der Waals surface area contributed by atoms with Gasteiger partial charge in [0, 0.05) is 5.02 Å². The molecule has 0 spiro atoms. The van der Waals surface area contributed by atoms with Crippen LogP contribution in [0.4, 0.5) is 0 Å². The van der Waals surface area contributed by atoms with Gasteiger partial charge in [-0.15, -0.1) is 11.3 Å². The van der Waals surface area contributed by atoms with E-state index < -0.39 is 0 Å². The summed E-state index contributed by atoms with van der Waals surface area (Å²) in [5.74, 6) is 0. The average molecular weight is 504 g/mol. The molecule has 0 saturated carbocycles. The largest absolute Gasteiger partial charge is 0.288 e. The molecule has 3 nitrogen and oxygen atoms in total. The predicted molar refractivity (Wildman–Crippen MR) is 134 cm³/mol. The van der Waals surface area contributed by atoms with Crippen LogP contribution in [-0.4, -0.2) is 8.97 Å². The van der Waals surface area contributed by atoms with Gasteiger partial charge in [-0.1, -0.05) is 71.2 Å². The molecule has 0 radical (unpaired) electrons. The molecule has 5 aromatic rings. The van der Waals surface area contributed by atoms with Crippen molar-refractivity contribution in [2.24, 2.45) is 0 Å². The van der Waals surface area contributed by atoms with E-state index in [1.807, 2.05) is 59.0 Å². The monoisotopic (exact) mass is 502 g/mol. The smallest absolute Gasteiger partial charge is 0.261 e. The maximum Gasteiger partial charge on any atom is 0.261 e. The molecule has 0 unspecified atom stereocenters. The molecule has 154 valence electrons. The zero-order valence-electron chi connectivity index (χ0n) is 15.8. The van der Waals surface area contributed by atoms with Crippen molar-refractivity contribution in [2.45, 2.75) is 6.54 Å². The molecule has 0 bridgehead atoms. The number of para-hydroxylation sites is 1. The summed E-state index contributed by atoms with van der Waals surface area (Å²) in [5.41, 5.74) is 3.06. The highest BCUT2D eigenvalue weighted by Gasteiger charge is 2.19. The van der Waals surface area contributed by atoms with Crippen LogP contribution in [0.25, 0.3) is 27.0 Å². The molecule has 0 aliphatic heterocycles. The van der Waals surface area contributed by atoms with Crippen LogP contribution in [0.2, 0.25) is 15.1 Å². The summed E-state index contributed by atoms with van der Waals surface area (Å²) in [7, 11) is 0. The van der Waals surface area contributed by atoms with Crippen LogP contribution in [0.15, 0.2) is 71.5 Å². The molecule has 0 aliphatic carbocycles. The standard InChI is InChI=1S/C23H13Cl3N2OS2/c24-16-7-3-1-5-14(16)12-27-21-20(13-9-10-17(25)18(26)11-13)31-23(30)28(21)19-8-4-2-6-15(19)22(27)29/h1-11H,12H2. The number of fused-ring (bicyclic) bond motifs is 3. The fourth-order valence-electron chi connectivity index (χ4n) is 3.68. The van der Waals surface area contributed by atoms with Crippen molar-refractivity contribution in [1.29, 1.82) is 0 Å². The quantitative estimate of drug-likeness (QED) is 0.236. The van der Waals surface area contributed by atoms with Crippen LogP contribution in [0.5, 0.6) is 0 Å². The normalized spacial score (nSPS) is 11.5. The topological polar surface area (TPSA) is 26.4 Å². The van der Waals surface area contributed by atoms with E-state index in [2.05, 4.69) is 0 Å². The Hall–Kier alpha value is -2.15. The number of aromatic nitrogens is 2. The van der Waals surface area contributed by atoms with Crippen molar-refractivity contribution < 1.29 is 0 Å². The van der Waals surface area contributed by atoms with Gasteiger partial charge in [0.2, 0.25) is 0 Å². The van der Waals surface area contributed by atoms with E-state index in [0.29, 0.717) is 36.6 Å². The van der Waals surface area contributed by atoms with Crippen LogP contribution in [0.1, 0.15) is 5.56 Å². The highest BCUT2D eigenvalue weighted by molar-refractivity contribution is 7.73. The molecule has 5 rings (SSSR count). The van der Waals surface area contributed by atoms with Crippen LogP contribution in [0.3, 0.4) is 0 Å². The van der Waals surface area contributed by atoms with E-state index in [-0.39, 0.29) is 5.56 Å². The molecule has 0 saturated heterocycles. The van der Waals surface area contributed by atoms with Crippen LogP contribution < -0.4 is 5.56 Å². The number of hydrogen-bond acceptors (Lipinski definition) is 3. The summed E-state index contributed by atoms with van der Waals surface area (Å²) < 4.78 is 4.32. The Labute approximate surface area is 201 Å². The second-order valence-corrected chi connectivity index (χ2v) is 9.85. The maximum atomic E-state index is 13.6. The number of nitrogens with zero attached hydrogens (tertiary/aromatic N) is 2. The van der Waals surface area contributed by atoms with Gasteiger partial charge in [-0.05, 0) is 53.7 Å². The average Bonchev–Trinajstić information content (AvgIpc) is 3.11. The van der Waals surface area contributed by atoms with Crippen LogP contribution in [0, 0.1) is 3.95 Å². The summed E-state index contributed by atoms with van der Waals surface area (Å²) in [6.45, 7) is 0.312. The van der Waals surface area contributed by atoms with E-state index in [4.69, 9.17) is 47.0 Å². The van der Waals surface area contributed by atoms with E-state index in [0.717, 1.165) is 21.5 Å². The minimum absolute atomic E-state index is 0.107. The van der Waals surface area contributed by atoms with Gasteiger partial charge in [-0.25, -0.2) is 0 Å². The Kier molecular flexibility index (Phi) is 5.40. The highest BCUT2D eigenvalue weighted by Crippen LogP contribution is 2.36. The number of rotatable bonds is 3. The lowest BCUT2D eigenvalue weighted by Crippen LogP contribution is -2.23. The van der Waals surface area contributed by atoms with Crippen molar-refractivity contribution in [3.05, 3.63) is 102 Å². The first-order chi connectivity index (χ1) is 15.0. The van der Waals surface area contributed by atoms with E-state index in [9.17, 15) is 4.79 Å². The third kappa shape index (κ3) is 3.51. The van der Waals surface area contributed by atoms with Crippen molar-refractivity contribution in [3.8, 4) is 10.4 Å². The van der Waals surface area contributed by atoms with Crippen LogP contribution in [-0.2, 0) is 6.54 Å². The Balaban J connectivity index is 1.92. The molecule has 2 heterocycles. The second kappa shape index (κ2) is 8.08. The number of halogens is 3. The molecule has 2 aromatic heterocycles. The SMILES string of the molecule is O=c1c2ccccc2n2c(=S)sc(-c3ccc(Cl)c(Cl)c3)c2n1Cc1ccccc1Cl. The second-order valence-electron chi connectivity index (χ2n) is 6.98. The molecule has 8 heteroatoms. The van der Waals surface area contributed by atoms with Gasteiger partial charge in [0.1, 0.15) is 5.65 Å². The van der Waals surface area contributed by atoms with Gasteiger partial charge in [-0.3, -0.25) is 13.8 Å². The van der Waals surface area contributed by atoms with Gasteiger partial charge < -0.3 is 0 Å². The first-order valence-corrected chi connectivity index (χ1v) is 11.7. The number of benzene rings is 3. The molecule has 0 N–H and O–H groups in total. The minimum atomic E-state index is -0.107. The lowest BCUT2D eigenvalue weighted by atomic mass is 10.1. The third-order valence-electron chi connectivity index (χ3n) is 5.13. The molecule has 0 aliphatic rings. The lowest BCUT2D eigenvalue weighted by molar-refractivity contribution is 0.781. The zero-order chi connectivity index (χ0) is 21.7. The molecule has 31 heavy (non-hydrogen) atoms. The van der Waals surface area contributed by atoms with E-state index in [1.165, 1.54) is 11.3 Å². The van der Waals surface area contributed by atoms with Gasteiger partial charge in [0.15, 0.2) is 3.95 Å². The highest BCUT2D eigenvalue weighted by atomic mass is 35.5. The van der Waals surface area contributed by atoms with Crippen molar-refractivity contribution in [3.63, 3.8) is 0 Å². The van der Waals surface area contributed by atoms with Crippen molar-refractivity contribution >= 4 is 74.9 Å². The van der Waals surface area contributed by atoms with Gasteiger partial charge in [-0.2, -0.15) is 0 Å². The summed E-state index contributed by atoms with van der Waals surface area (Å²) in [6.07, 6.45) is 0. The molecule has 0 atom stereocenters. The fourth-order valence-corrected chi connectivity index (χ4v) is 5.60. The molecular formula is C23H13Cl3N2OS2. The maximum absolute atomic E-state index is 13.6. The summed E-state index contributed by atoms with van der Waals surface area (Å²) >= 11 is 26.0. The molecular weight excluding hydrogens is 491 g/mol. The minimum Gasteiger partial charge on any atom is -0.288 e. The Morgan fingerprint density at radius 1 is 0.871 bits per heavy atom. The van der Waals surface area contributed by atoms with E-state index >= 15 is 0 Å². The number of hydrogen-bond donors (Lipinski definition) is 0. The first-order valence-electron chi connectivity index (χ1n) is 9.31. The first kappa shape index (κ1) is 20.7. The van der Waals surface area contributed by atoms with Crippen molar-refractivity contribution in [1.82, 2.24) is 8.97 Å². The molecule has 3 aromatic carbocycles. The van der Waals surface area contributed by atoms with Crippen molar-refractivity contribution in [2.75, 3.05) is 0 Å². The predicted octanol–water partition coefficient (Wildman–Crippen LogP) is 7.72. The Morgan fingerprint density at radius 3 is 2.39 bits per heavy atom. The summed E-state index contributed by atoms with van der Waals surface area (Å²) in [6, 6.07) is 20.4. The van der Waals surface area contributed by atoms with Gasteiger partial charge in [0.25, 0.3) is 5.56 Å². The van der Waals surface area contributed by atoms with Crippen LogP contribution >= 0.6 is 58.4 Å². The lowest BCUT2D eigenvalue weighted by Gasteiger charge is -2.14. The molecule has 0 fully saturated rings. The zero-order valence-corrected chi connectivity index (χ0v) is 19.7. The Morgan fingerprint density at radius 2 is 1.61 bits per heavy atom. The molecule has 0 amide bonds. The number of thiazole rings is 1. The van der Waals surface area contributed by atoms with Gasteiger partial charge >= 0.3 is 0 Å². The van der Waals surface area contributed by atoms with Gasteiger partial charge in [0.05, 0.1) is 32.4 Å². The van der Waals surface area contributed by atoms with E-state index in [1.54, 1.807) is 16.7 Å². The Bertz CT molecular complexity index is 1600. The third-order valence-corrected chi connectivity index (χ3v) is 7.65. The summed E-state index contributed by atoms with van der Waals surface area (Å²) in [5, 5.41) is 2.11.